The summed E-state index contributed by atoms with van der Waals surface area (Å²) in [5.41, 5.74) is -0.0967. The predicted molar refractivity (Wildman–Crippen MR) is 92.7 cm³/mol. The van der Waals surface area contributed by atoms with E-state index < -0.39 is 11.7 Å². The van der Waals surface area contributed by atoms with Crippen LogP contribution in [0.4, 0.5) is 18.9 Å². The van der Waals surface area contributed by atoms with Gasteiger partial charge in [0.1, 0.15) is 0 Å². The van der Waals surface area contributed by atoms with Gasteiger partial charge in [0.25, 0.3) is 5.91 Å². The summed E-state index contributed by atoms with van der Waals surface area (Å²) in [4.78, 5) is 16.5. The van der Waals surface area contributed by atoms with Crippen molar-refractivity contribution in [2.75, 3.05) is 0 Å². The van der Waals surface area contributed by atoms with Gasteiger partial charge in [0.15, 0.2) is 5.17 Å². The van der Waals surface area contributed by atoms with Gasteiger partial charge in [-0.3, -0.25) is 4.79 Å². The van der Waals surface area contributed by atoms with Gasteiger partial charge in [0, 0.05) is 18.9 Å². The number of amides is 1. The first-order valence-electron chi connectivity index (χ1n) is 7.02. The molecular formula is C16H11ClF3N3OS. The molecular weight excluding hydrogens is 375 g/mol. The van der Waals surface area contributed by atoms with Gasteiger partial charge in [0.2, 0.25) is 0 Å². The van der Waals surface area contributed by atoms with Crippen LogP contribution in [0.3, 0.4) is 0 Å². The lowest BCUT2D eigenvalue weighted by Crippen LogP contribution is -2.19. The van der Waals surface area contributed by atoms with E-state index in [1.54, 1.807) is 6.08 Å². The third-order valence-corrected chi connectivity index (χ3v) is 4.64. The van der Waals surface area contributed by atoms with Crippen molar-refractivity contribution >= 4 is 46.2 Å². The summed E-state index contributed by atoms with van der Waals surface area (Å²) in [5.74, 6) is -0.368. The van der Waals surface area contributed by atoms with Crippen LogP contribution in [-0.4, -0.2) is 15.6 Å². The molecule has 0 radical (unpaired) electrons. The molecule has 1 saturated heterocycles. The van der Waals surface area contributed by atoms with Crippen molar-refractivity contribution < 1.29 is 18.0 Å². The zero-order chi connectivity index (χ0) is 18.2. The number of carbonyl (C=O) groups is 1. The Morgan fingerprint density at radius 2 is 2.08 bits per heavy atom. The number of thioether (sulfide) groups is 1. The molecule has 1 N–H and O–H groups in total. The van der Waals surface area contributed by atoms with Crippen LogP contribution >= 0.6 is 23.4 Å². The van der Waals surface area contributed by atoms with E-state index in [1.807, 2.05) is 29.9 Å². The molecule has 0 unspecified atom stereocenters. The second-order valence-electron chi connectivity index (χ2n) is 5.19. The molecule has 1 aromatic heterocycles. The maximum Gasteiger partial charge on any atom is 0.416 e. The molecule has 2 aromatic rings. The number of aryl methyl sites for hydroxylation is 1. The van der Waals surface area contributed by atoms with Crippen molar-refractivity contribution in [1.29, 1.82) is 0 Å². The van der Waals surface area contributed by atoms with E-state index in [-0.39, 0.29) is 21.8 Å². The molecule has 2 heterocycles. The third kappa shape index (κ3) is 3.91. The van der Waals surface area contributed by atoms with Crippen LogP contribution in [0.1, 0.15) is 11.3 Å². The molecule has 3 rings (SSSR count). The van der Waals surface area contributed by atoms with Gasteiger partial charge < -0.3 is 9.88 Å². The Bertz CT molecular complexity index is 902. The normalized spacial score (nSPS) is 18.2. The van der Waals surface area contributed by atoms with Crippen molar-refractivity contribution in [3.8, 4) is 0 Å². The molecule has 0 aliphatic carbocycles. The lowest BCUT2D eigenvalue weighted by atomic mass is 10.2. The van der Waals surface area contributed by atoms with E-state index >= 15 is 0 Å². The molecule has 1 amide bonds. The number of hydrogen-bond acceptors (Lipinski definition) is 3. The molecule has 0 spiro atoms. The van der Waals surface area contributed by atoms with Gasteiger partial charge >= 0.3 is 6.18 Å². The lowest BCUT2D eigenvalue weighted by Gasteiger charge is -2.08. The molecule has 1 aliphatic rings. The highest BCUT2D eigenvalue weighted by Gasteiger charge is 2.31. The number of aliphatic imine (C=N–C) groups is 1. The average molecular weight is 386 g/mol. The maximum absolute atomic E-state index is 12.8. The van der Waals surface area contributed by atoms with Gasteiger partial charge in [-0.2, -0.15) is 13.2 Å². The molecule has 0 atom stereocenters. The van der Waals surface area contributed by atoms with E-state index in [0.29, 0.717) is 4.91 Å². The average Bonchev–Trinajstić information content (AvgIpc) is 3.07. The van der Waals surface area contributed by atoms with E-state index in [1.165, 1.54) is 0 Å². The molecule has 0 saturated carbocycles. The van der Waals surface area contributed by atoms with E-state index in [9.17, 15) is 18.0 Å². The van der Waals surface area contributed by atoms with Crippen LogP contribution in [0, 0.1) is 0 Å². The Balaban J connectivity index is 1.90. The Morgan fingerprint density at radius 3 is 2.72 bits per heavy atom. The number of carbonyl (C=O) groups excluding carboxylic acids is 1. The fourth-order valence-corrected chi connectivity index (χ4v) is 3.10. The number of hydrogen-bond donors (Lipinski definition) is 1. The zero-order valence-electron chi connectivity index (χ0n) is 12.8. The molecule has 9 heteroatoms. The largest absolute Gasteiger partial charge is 0.416 e. The Hall–Kier alpha value is -2.19. The van der Waals surface area contributed by atoms with Crippen molar-refractivity contribution in [1.82, 2.24) is 9.88 Å². The topological polar surface area (TPSA) is 46.4 Å². The van der Waals surface area contributed by atoms with Crippen LogP contribution in [0.2, 0.25) is 5.02 Å². The van der Waals surface area contributed by atoms with Crippen LogP contribution in [0.25, 0.3) is 6.08 Å². The molecule has 1 aromatic carbocycles. The Labute approximate surface area is 150 Å². The molecule has 130 valence electrons. The Morgan fingerprint density at radius 1 is 1.32 bits per heavy atom. The molecule has 1 fully saturated rings. The summed E-state index contributed by atoms with van der Waals surface area (Å²) in [6, 6.07) is 6.53. The van der Waals surface area contributed by atoms with Crippen molar-refractivity contribution in [2.24, 2.45) is 12.0 Å². The fourth-order valence-electron chi connectivity index (χ4n) is 2.12. The minimum absolute atomic E-state index is 0.0561. The standard InChI is InChI=1S/C16H11ClF3N3OS/c1-23-6-2-3-10(23)8-13-14(24)22-15(25-13)21-12-7-9(16(18,19)20)4-5-11(12)17/h2-8H,1H3,(H,21,22,24)/b13-8+. The second-order valence-corrected chi connectivity index (χ2v) is 6.63. The highest BCUT2D eigenvalue weighted by molar-refractivity contribution is 8.18. The third-order valence-electron chi connectivity index (χ3n) is 3.41. The van der Waals surface area contributed by atoms with Crippen molar-refractivity contribution in [2.45, 2.75) is 6.18 Å². The van der Waals surface area contributed by atoms with Crippen molar-refractivity contribution in [3.05, 3.63) is 57.7 Å². The van der Waals surface area contributed by atoms with Crippen molar-refractivity contribution in [3.63, 3.8) is 0 Å². The summed E-state index contributed by atoms with van der Waals surface area (Å²) < 4.78 is 40.3. The Kier molecular flexibility index (Phi) is 4.66. The van der Waals surface area contributed by atoms with E-state index in [2.05, 4.69) is 10.3 Å². The number of aromatic nitrogens is 1. The number of rotatable bonds is 2. The first-order chi connectivity index (χ1) is 11.7. The summed E-state index contributed by atoms with van der Waals surface area (Å²) in [7, 11) is 1.83. The monoisotopic (exact) mass is 385 g/mol. The highest BCUT2D eigenvalue weighted by atomic mass is 35.5. The van der Waals surface area contributed by atoms with Gasteiger partial charge in [-0.1, -0.05) is 11.6 Å². The number of nitrogens with zero attached hydrogens (tertiary/aromatic N) is 2. The fraction of sp³-hybridized carbons (Fsp3) is 0.125. The molecule has 4 nitrogen and oxygen atoms in total. The number of halogens is 4. The molecule has 25 heavy (non-hydrogen) atoms. The minimum atomic E-state index is -4.50. The quantitative estimate of drug-likeness (QED) is 0.768. The molecule has 0 bridgehead atoms. The SMILES string of the molecule is Cn1cccc1/C=C1/SC(=Nc2cc(C(F)(F)F)ccc2Cl)NC1=O. The van der Waals surface area contributed by atoms with E-state index in [0.717, 1.165) is 35.7 Å². The maximum atomic E-state index is 12.8. The summed E-state index contributed by atoms with van der Waals surface area (Å²) in [5, 5.41) is 2.76. The number of amidine groups is 1. The van der Waals surface area contributed by atoms with Crippen LogP contribution in [0.5, 0.6) is 0 Å². The summed E-state index contributed by atoms with van der Waals surface area (Å²) in [6.45, 7) is 0. The predicted octanol–water partition coefficient (Wildman–Crippen LogP) is 4.59. The highest BCUT2D eigenvalue weighted by Crippen LogP contribution is 2.36. The van der Waals surface area contributed by atoms with Gasteiger partial charge in [0.05, 0.1) is 21.2 Å². The number of alkyl halides is 3. The lowest BCUT2D eigenvalue weighted by molar-refractivity contribution is -0.137. The summed E-state index contributed by atoms with van der Waals surface area (Å²) in [6.07, 6.45) is -0.985. The van der Waals surface area contributed by atoms with Gasteiger partial charge in [-0.15, -0.1) is 0 Å². The van der Waals surface area contributed by atoms with E-state index in [4.69, 9.17) is 11.6 Å². The van der Waals surface area contributed by atoms with Crippen LogP contribution in [0.15, 0.2) is 46.4 Å². The second kappa shape index (κ2) is 6.61. The number of nitrogens with one attached hydrogen (secondary N) is 1. The first kappa shape index (κ1) is 17.6. The number of benzene rings is 1. The smallest absolute Gasteiger partial charge is 0.351 e. The zero-order valence-corrected chi connectivity index (χ0v) is 14.3. The van der Waals surface area contributed by atoms with Crippen LogP contribution in [-0.2, 0) is 18.0 Å². The minimum Gasteiger partial charge on any atom is -0.351 e. The van der Waals surface area contributed by atoms with Gasteiger partial charge in [-0.05, 0) is 48.2 Å². The first-order valence-corrected chi connectivity index (χ1v) is 8.21. The van der Waals surface area contributed by atoms with Crippen LogP contribution < -0.4 is 5.32 Å². The molecule has 1 aliphatic heterocycles. The summed E-state index contributed by atoms with van der Waals surface area (Å²) >= 11 is 6.96. The van der Waals surface area contributed by atoms with Gasteiger partial charge in [-0.25, -0.2) is 4.99 Å².